The standard InChI is InChI=1S/C18H27N3O4S/c1-6-24-14(23-5)11-19-10-12-8-7-9-13-15(12)20-16(26-13)21-17(22)25-18(2,3)4/h7-9,14,19H,6,10-11H2,1-5H3,(H,20,21,22). The number of methoxy groups -OCH3 is 1. The van der Waals surface area contributed by atoms with Gasteiger partial charge < -0.3 is 19.5 Å². The molecule has 2 N–H and O–H groups in total. The third-order valence-corrected chi connectivity index (χ3v) is 4.29. The summed E-state index contributed by atoms with van der Waals surface area (Å²) in [5.74, 6) is 0. The molecule has 0 aliphatic heterocycles. The van der Waals surface area contributed by atoms with E-state index in [1.807, 2.05) is 45.9 Å². The van der Waals surface area contributed by atoms with Crippen LogP contribution in [0.5, 0.6) is 0 Å². The number of benzene rings is 1. The van der Waals surface area contributed by atoms with Gasteiger partial charge in [-0.25, -0.2) is 9.78 Å². The summed E-state index contributed by atoms with van der Waals surface area (Å²) in [5.41, 5.74) is 1.36. The molecule has 1 aromatic heterocycles. The number of hydrogen-bond acceptors (Lipinski definition) is 7. The van der Waals surface area contributed by atoms with E-state index in [1.165, 1.54) is 11.3 Å². The van der Waals surface area contributed by atoms with Crippen molar-refractivity contribution >= 4 is 32.8 Å². The number of fused-ring (bicyclic) bond motifs is 1. The summed E-state index contributed by atoms with van der Waals surface area (Å²) in [6, 6.07) is 5.97. The number of ether oxygens (including phenoxy) is 3. The highest BCUT2D eigenvalue weighted by atomic mass is 32.1. The summed E-state index contributed by atoms with van der Waals surface area (Å²) in [5, 5.41) is 6.53. The number of carbonyl (C=O) groups excluding carboxylic acids is 1. The lowest BCUT2D eigenvalue weighted by Gasteiger charge is -2.18. The number of aromatic nitrogens is 1. The molecule has 0 spiro atoms. The Morgan fingerprint density at radius 1 is 1.35 bits per heavy atom. The van der Waals surface area contributed by atoms with Crippen LogP contribution in [0.25, 0.3) is 10.2 Å². The van der Waals surface area contributed by atoms with Gasteiger partial charge in [0.05, 0.1) is 10.2 Å². The maximum Gasteiger partial charge on any atom is 0.413 e. The van der Waals surface area contributed by atoms with Gasteiger partial charge in [0.25, 0.3) is 0 Å². The largest absolute Gasteiger partial charge is 0.444 e. The Bertz CT molecular complexity index is 727. The first-order chi connectivity index (χ1) is 12.3. The molecule has 2 aromatic rings. The SMILES string of the molecule is CCOC(CNCc1cccc2sc(NC(=O)OC(C)(C)C)nc12)OC. The maximum absolute atomic E-state index is 11.9. The second-order valence-electron chi connectivity index (χ2n) is 6.66. The van der Waals surface area contributed by atoms with Crippen molar-refractivity contribution < 1.29 is 19.0 Å². The molecular weight excluding hydrogens is 354 g/mol. The molecule has 0 saturated carbocycles. The highest BCUT2D eigenvalue weighted by molar-refractivity contribution is 7.22. The molecular formula is C18H27N3O4S. The predicted octanol–water partition coefficient (Wildman–Crippen LogP) is 3.74. The fourth-order valence-corrected chi connectivity index (χ4v) is 3.21. The number of amides is 1. The fraction of sp³-hybridized carbons (Fsp3) is 0.556. The lowest BCUT2D eigenvalue weighted by atomic mass is 10.2. The first-order valence-electron chi connectivity index (χ1n) is 8.56. The normalized spacial score (nSPS) is 13.0. The first kappa shape index (κ1) is 20.6. The summed E-state index contributed by atoms with van der Waals surface area (Å²) in [6.07, 6.45) is -0.782. The molecule has 0 radical (unpaired) electrons. The van der Waals surface area contributed by atoms with Crippen LogP contribution in [-0.2, 0) is 20.8 Å². The van der Waals surface area contributed by atoms with Crippen LogP contribution in [0.4, 0.5) is 9.93 Å². The van der Waals surface area contributed by atoms with Crippen molar-refractivity contribution in [3.05, 3.63) is 23.8 Å². The Hall–Kier alpha value is -1.74. The van der Waals surface area contributed by atoms with E-state index >= 15 is 0 Å². The number of hydrogen-bond donors (Lipinski definition) is 2. The minimum atomic E-state index is -0.547. The molecule has 8 heteroatoms. The van der Waals surface area contributed by atoms with Crippen LogP contribution in [-0.4, -0.2) is 43.2 Å². The number of nitrogens with zero attached hydrogens (tertiary/aromatic N) is 1. The molecule has 2 rings (SSSR count). The Labute approximate surface area is 158 Å². The molecule has 1 aromatic carbocycles. The Balaban J connectivity index is 2.03. The fourth-order valence-electron chi connectivity index (χ4n) is 2.31. The van der Waals surface area contributed by atoms with Gasteiger partial charge in [0.1, 0.15) is 5.60 Å². The van der Waals surface area contributed by atoms with Gasteiger partial charge in [0, 0.05) is 26.8 Å². The Morgan fingerprint density at radius 2 is 2.12 bits per heavy atom. The van der Waals surface area contributed by atoms with Gasteiger partial charge in [-0.1, -0.05) is 23.5 Å². The smallest absolute Gasteiger partial charge is 0.413 e. The highest BCUT2D eigenvalue weighted by Gasteiger charge is 2.18. The van der Waals surface area contributed by atoms with Crippen LogP contribution in [0.1, 0.15) is 33.3 Å². The molecule has 1 unspecified atom stereocenters. The second kappa shape index (κ2) is 9.27. The van der Waals surface area contributed by atoms with Gasteiger partial charge in [-0.05, 0) is 39.3 Å². The molecule has 7 nitrogen and oxygen atoms in total. The van der Waals surface area contributed by atoms with Crippen LogP contribution < -0.4 is 10.6 Å². The van der Waals surface area contributed by atoms with Crippen molar-refractivity contribution in [2.24, 2.45) is 0 Å². The van der Waals surface area contributed by atoms with E-state index < -0.39 is 11.7 Å². The van der Waals surface area contributed by atoms with Gasteiger partial charge in [-0.15, -0.1) is 0 Å². The average Bonchev–Trinajstić information content (AvgIpc) is 2.95. The Morgan fingerprint density at radius 3 is 2.77 bits per heavy atom. The van der Waals surface area contributed by atoms with Crippen LogP contribution in [0, 0.1) is 0 Å². The molecule has 1 heterocycles. The molecule has 0 bridgehead atoms. The third kappa shape index (κ3) is 6.21. The van der Waals surface area contributed by atoms with Gasteiger partial charge in [-0.3, -0.25) is 5.32 Å². The van der Waals surface area contributed by atoms with Crippen molar-refractivity contribution in [2.45, 2.75) is 46.1 Å². The van der Waals surface area contributed by atoms with E-state index in [0.29, 0.717) is 24.8 Å². The zero-order valence-corrected chi connectivity index (χ0v) is 16.7. The lowest BCUT2D eigenvalue weighted by molar-refractivity contribution is -0.117. The van der Waals surface area contributed by atoms with Crippen molar-refractivity contribution in [3.63, 3.8) is 0 Å². The lowest BCUT2D eigenvalue weighted by Crippen LogP contribution is -2.30. The van der Waals surface area contributed by atoms with Crippen LogP contribution in [0.15, 0.2) is 18.2 Å². The molecule has 26 heavy (non-hydrogen) atoms. The first-order valence-corrected chi connectivity index (χ1v) is 9.37. The molecule has 0 aliphatic rings. The minimum Gasteiger partial charge on any atom is -0.444 e. The monoisotopic (exact) mass is 381 g/mol. The number of carbonyl (C=O) groups is 1. The topological polar surface area (TPSA) is 81.7 Å². The van der Waals surface area contributed by atoms with Crippen molar-refractivity contribution in [1.29, 1.82) is 0 Å². The maximum atomic E-state index is 11.9. The quantitative estimate of drug-likeness (QED) is 0.678. The van der Waals surface area contributed by atoms with Crippen LogP contribution in [0.2, 0.25) is 0 Å². The van der Waals surface area contributed by atoms with Gasteiger partial charge in [-0.2, -0.15) is 0 Å². The molecule has 144 valence electrons. The summed E-state index contributed by atoms with van der Waals surface area (Å²) in [7, 11) is 1.62. The van der Waals surface area contributed by atoms with E-state index in [-0.39, 0.29) is 6.29 Å². The predicted molar refractivity (Wildman–Crippen MR) is 104 cm³/mol. The molecule has 0 saturated heterocycles. The number of thiazole rings is 1. The molecule has 1 atom stereocenters. The van der Waals surface area contributed by atoms with Crippen molar-refractivity contribution in [3.8, 4) is 0 Å². The van der Waals surface area contributed by atoms with E-state index in [0.717, 1.165) is 15.8 Å². The van der Waals surface area contributed by atoms with E-state index in [4.69, 9.17) is 14.2 Å². The zero-order chi connectivity index (χ0) is 19.2. The van der Waals surface area contributed by atoms with Gasteiger partial charge in [0.2, 0.25) is 0 Å². The number of nitrogens with one attached hydrogen (secondary N) is 2. The highest BCUT2D eigenvalue weighted by Crippen LogP contribution is 2.28. The van der Waals surface area contributed by atoms with Crippen molar-refractivity contribution in [2.75, 3.05) is 25.6 Å². The van der Waals surface area contributed by atoms with E-state index in [1.54, 1.807) is 7.11 Å². The van der Waals surface area contributed by atoms with Gasteiger partial charge >= 0.3 is 6.09 Å². The zero-order valence-electron chi connectivity index (χ0n) is 15.9. The number of anilines is 1. The minimum absolute atomic E-state index is 0.279. The summed E-state index contributed by atoms with van der Waals surface area (Å²) in [6.45, 7) is 9.20. The van der Waals surface area contributed by atoms with Gasteiger partial charge in [0.15, 0.2) is 11.4 Å². The summed E-state index contributed by atoms with van der Waals surface area (Å²) in [4.78, 5) is 16.5. The average molecular weight is 381 g/mol. The molecule has 1 amide bonds. The van der Waals surface area contributed by atoms with Crippen LogP contribution >= 0.6 is 11.3 Å². The summed E-state index contributed by atoms with van der Waals surface area (Å²) < 4.78 is 17.0. The Kier molecular flexibility index (Phi) is 7.33. The molecule has 0 fully saturated rings. The number of para-hydroxylation sites is 1. The van der Waals surface area contributed by atoms with E-state index in [9.17, 15) is 4.79 Å². The van der Waals surface area contributed by atoms with E-state index in [2.05, 4.69) is 15.6 Å². The second-order valence-corrected chi connectivity index (χ2v) is 7.69. The number of rotatable bonds is 8. The molecule has 0 aliphatic carbocycles. The third-order valence-electron chi connectivity index (χ3n) is 3.35. The summed E-state index contributed by atoms with van der Waals surface area (Å²) >= 11 is 1.42. The van der Waals surface area contributed by atoms with Crippen LogP contribution in [0.3, 0.4) is 0 Å². The van der Waals surface area contributed by atoms with Crippen molar-refractivity contribution in [1.82, 2.24) is 10.3 Å².